The number of aryl methyl sites for hydroxylation is 1. The van der Waals surface area contributed by atoms with Crippen LogP contribution < -0.4 is 15.6 Å². The molecule has 0 aliphatic carbocycles. The lowest BCUT2D eigenvalue weighted by molar-refractivity contribution is -0.119. The molecule has 0 unspecified atom stereocenters. The van der Waals surface area contributed by atoms with Crippen molar-refractivity contribution >= 4 is 21.6 Å². The Labute approximate surface area is 111 Å². The monoisotopic (exact) mass is 289 g/mol. The molecule has 0 aromatic heterocycles. The largest absolute Gasteiger partial charge is 0.293 e. The van der Waals surface area contributed by atoms with Gasteiger partial charge in [0.05, 0.1) is 11.4 Å². The number of amides is 1. The molecule has 1 rings (SSSR count). The van der Waals surface area contributed by atoms with Crippen molar-refractivity contribution in [2.45, 2.75) is 13.8 Å². The SMILES string of the molecule is CCS(=O)(=O)N(CC(=O)NN)c1ccc(F)c(C)c1. The second-order valence-corrected chi connectivity index (χ2v) is 6.09. The van der Waals surface area contributed by atoms with Crippen LogP contribution in [0.4, 0.5) is 10.1 Å². The lowest BCUT2D eigenvalue weighted by Gasteiger charge is -2.23. The van der Waals surface area contributed by atoms with Gasteiger partial charge in [-0.3, -0.25) is 14.5 Å². The van der Waals surface area contributed by atoms with E-state index in [1.54, 1.807) is 0 Å². The molecule has 0 spiro atoms. The van der Waals surface area contributed by atoms with E-state index < -0.39 is 28.3 Å². The summed E-state index contributed by atoms with van der Waals surface area (Å²) in [5.41, 5.74) is 2.39. The van der Waals surface area contributed by atoms with Crippen LogP contribution in [0.2, 0.25) is 0 Å². The molecule has 0 atom stereocenters. The molecule has 0 radical (unpaired) electrons. The zero-order valence-electron chi connectivity index (χ0n) is 10.7. The molecule has 0 bridgehead atoms. The van der Waals surface area contributed by atoms with Crippen molar-refractivity contribution in [1.82, 2.24) is 5.43 Å². The molecule has 19 heavy (non-hydrogen) atoms. The number of carbonyl (C=O) groups is 1. The molecule has 0 aliphatic rings. The average Bonchev–Trinajstić information content (AvgIpc) is 2.38. The minimum atomic E-state index is -3.65. The van der Waals surface area contributed by atoms with Gasteiger partial charge in [-0.15, -0.1) is 0 Å². The minimum absolute atomic E-state index is 0.179. The van der Waals surface area contributed by atoms with Crippen molar-refractivity contribution in [3.63, 3.8) is 0 Å². The molecule has 0 heterocycles. The fraction of sp³-hybridized carbons (Fsp3) is 0.364. The molecule has 0 fully saturated rings. The van der Waals surface area contributed by atoms with E-state index in [9.17, 15) is 17.6 Å². The molecule has 3 N–H and O–H groups in total. The summed E-state index contributed by atoms with van der Waals surface area (Å²) in [5.74, 6) is 3.68. The van der Waals surface area contributed by atoms with Gasteiger partial charge in [0.2, 0.25) is 10.0 Å². The predicted molar refractivity (Wildman–Crippen MR) is 70.3 cm³/mol. The Kier molecular flexibility index (Phi) is 4.84. The van der Waals surface area contributed by atoms with Gasteiger partial charge in [-0.05, 0) is 37.6 Å². The summed E-state index contributed by atoms with van der Waals surface area (Å²) < 4.78 is 38.0. The quantitative estimate of drug-likeness (QED) is 0.462. The maximum absolute atomic E-state index is 13.2. The molecule has 6 nitrogen and oxygen atoms in total. The first-order valence-corrected chi connectivity index (χ1v) is 7.18. The summed E-state index contributed by atoms with van der Waals surface area (Å²) in [6.45, 7) is 2.52. The Morgan fingerprint density at radius 3 is 2.58 bits per heavy atom. The van der Waals surface area contributed by atoms with Crippen LogP contribution >= 0.6 is 0 Å². The average molecular weight is 289 g/mol. The molecule has 0 saturated carbocycles. The van der Waals surface area contributed by atoms with Gasteiger partial charge in [-0.2, -0.15) is 0 Å². The summed E-state index contributed by atoms with van der Waals surface area (Å²) >= 11 is 0. The summed E-state index contributed by atoms with van der Waals surface area (Å²) in [5, 5.41) is 0. The van der Waals surface area contributed by atoms with Crippen molar-refractivity contribution < 1.29 is 17.6 Å². The third kappa shape index (κ3) is 3.65. The number of sulfonamides is 1. The fourth-order valence-electron chi connectivity index (χ4n) is 1.47. The number of hydrogen-bond acceptors (Lipinski definition) is 4. The number of nitrogens with one attached hydrogen (secondary N) is 1. The normalized spacial score (nSPS) is 11.2. The maximum Gasteiger partial charge on any atom is 0.254 e. The van der Waals surface area contributed by atoms with Crippen molar-refractivity contribution in [2.24, 2.45) is 5.84 Å². The highest BCUT2D eigenvalue weighted by atomic mass is 32.2. The molecule has 1 amide bonds. The first-order valence-electron chi connectivity index (χ1n) is 5.57. The van der Waals surface area contributed by atoms with Gasteiger partial charge in [0, 0.05) is 0 Å². The van der Waals surface area contributed by atoms with Crippen LogP contribution in [-0.2, 0) is 14.8 Å². The molecule has 8 heteroatoms. The number of carbonyl (C=O) groups excluding carboxylic acids is 1. The van der Waals surface area contributed by atoms with Crippen molar-refractivity contribution in [1.29, 1.82) is 0 Å². The van der Waals surface area contributed by atoms with Crippen LogP contribution in [0.5, 0.6) is 0 Å². The standard InChI is InChI=1S/C11H16FN3O3S/c1-3-19(17,18)15(7-11(16)14-13)9-4-5-10(12)8(2)6-9/h4-6H,3,7,13H2,1-2H3,(H,14,16). The van der Waals surface area contributed by atoms with E-state index in [0.717, 1.165) is 10.4 Å². The molecule has 0 aliphatic heterocycles. The van der Waals surface area contributed by atoms with E-state index in [1.165, 1.54) is 26.0 Å². The summed E-state index contributed by atoms with van der Waals surface area (Å²) in [7, 11) is -3.65. The number of halogens is 1. The van der Waals surface area contributed by atoms with Crippen molar-refractivity contribution in [3.05, 3.63) is 29.6 Å². The Morgan fingerprint density at radius 1 is 1.47 bits per heavy atom. The smallest absolute Gasteiger partial charge is 0.254 e. The Morgan fingerprint density at radius 2 is 2.11 bits per heavy atom. The van der Waals surface area contributed by atoms with Crippen LogP contribution in [0.15, 0.2) is 18.2 Å². The lowest BCUT2D eigenvalue weighted by Crippen LogP contribution is -2.43. The van der Waals surface area contributed by atoms with Crippen LogP contribution in [0.3, 0.4) is 0 Å². The third-order valence-corrected chi connectivity index (χ3v) is 4.32. The number of anilines is 1. The van der Waals surface area contributed by atoms with Gasteiger partial charge in [0.25, 0.3) is 5.91 Å². The van der Waals surface area contributed by atoms with Crippen LogP contribution in [0.25, 0.3) is 0 Å². The number of rotatable bonds is 5. The molecule has 106 valence electrons. The van der Waals surface area contributed by atoms with Crippen molar-refractivity contribution in [2.75, 3.05) is 16.6 Å². The number of nitrogens with two attached hydrogens (primary N) is 1. The molecular weight excluding hydrogens is 273 g/mol. The van der Waals surface area contributed by atoms with Gasteiger partial charge >= 0.3 is 0 Å². The number of benzene rings is 1. The Hall–Kier alpha value is -1.67. The zero-order valence-corrected chi connectivity index (χ0v) is 11.5. The lowest BCUT2D eigenvalue weighted by atomic mass is 10.2. The van der Waals surface area contributed by atoms with Gasteiger partial charge in [-0.25, -0.2) is 18.7 Å². The highest BCUT2D eigenvalue weighted by Gasteiger charge is 2.23. The van der Waals surface area contributed by atoms with E-state index in [1.807, 2.05) is 5.43 Å². The molecular formula is C11H16FN3O3S. The van der Waals surface area contributed by atoms with Crippen LogP contribution in [-0.4, -0.2) is 26.6 Å². The van der Waals surface area contributed by atoms with E-state index >= 15 is 0 Å². The van der Waals surface area contributed by atoms with E-state index in [0.29, 0.717) is 5.56 Å². The zero-order chi connectivity index (χ0) is 14.6. The molecule has 1 aromatic carbocycles. The van der Waals surface area contributed by atoms with E-state index in [-0.39, 0.29) is 11.4 Å². The van der Waals surface area contributed by atoms with Crippen LogP contribution in [0, 0.1) is 12.7 Å². The predicted octanol–water partition coefficient (Wildman–Crippen LogP) is 0.280. The van der Waals surface area contributed by atoms with Gasteiger partial charge < -0.3 is 0 Å². The molecule has 0 saturated heterocycles. The van der Waals surface area contributed by atoms with Crippen molar-refractivity contribution in [3.8, 4) is 0 Å². The minimum Gasteiger partial charge on any atom is -0.293 e. The summed E-state index contributed by atoms with van der Waals surface area (Å²) in [6.07, 6.45) is 0. The summed E-state index contributed by atoms with van der Waals surface area (Å²) in [4.78, 5) is 11.3. The van der Waals surface area contributed by atoms with Gasteiger partial charge in [-0.1, -0.05) is 0 Å². The Balaban J connectivity index is 3.23. The maximum atomic E-state index is 13.2. The third-order valence-electron chi connectivity index (χ3n) is 2.58. The first kappa shape index (κ1) is 15.4. The van der Waals surface area contributed by atoms with Crippen LogP contribution in [0.1, 0.15) is 12.5 Å². The number of hydrogen-bond donors (Lipinski definition) is 2. The summed E-state index contributed by atoms with van der Waals surface area (Å²) in [6, 6.07) is 3.83. The van der Waals surface area contributed by atoms with E-state index in [2.05, 4.69) is 0 Å². The second kappa shape index (κ2) is 5.98. The van der Waals surface area contributed by atoms with Gasteiger partial charge in [0.1, 0.15) is 12.4 Å². The van der Waals surface area contributed by atoms with Gasteiger partial charge in [0.15, 0.2) is 0 Å². The van der Waals surface area contributed by atoms with E-state index in [4.69, 9.17) is 5.84 Å². The topological polar surface area (TPSA) is 92.5 Å². The number of nitrogens with zero attached hydrogens (tertiary/aromatic N) is 1. The fourth-order valence-corrected chi connectivity index (χ4v) is 2.53. The Bertz CT molecular complexity index is 575. The second-order valence-electron chi connectivity index (χ2n) is 3.91. The first-order chi connectivity index (χ1) is 8.81. The number of hydrazine groups is 1. The highest BCUT2D eigenvalue weighted by Crippen LogP contribution is 2.21. The highest BCUT2D eigenvalue weighted by molar-refractivity contribution is 7.92. The molecule has 1 aromatic rings.